The van der Waals surface area contributed by atoms with Crippen molar-refractivity contribution in [3.05, 3.63) is 30.3 Å². The van der Waals surface area contributed by atoms with Crippen molar-refractivity contribution < 1.29 is 13.6 Å². The minimum absolute atomic E-state index is 0.0125. The van der Waals surface area contributed by atoms with Crippen LogP contribution in [0, 0.1) is 5.92 Å². The zero-order chi connectivity index (χ0) is 13.0. The molecular formula is C14H17F2NO. The maximum absolute atomic E-state index is 13.7. The van der Waals surface area contributed by atoms with E-state index < -0.39 is 11.8 Å². The standard InChI is InChI=1S/C14H17F2NO/c15-14(16,10-11-6-4-5-7-11)13(18)17-12-8-2-1-3-9-12/h1-3,8-9,11H,4-7,10H2,(H,17,18). The van der Waals surface area contributed by atoms with E-state index in [1.165, 1.54) is 0 Å². The molecule has 2 rings (SSSR count). The SMILES string of the molecule is O=C(Nc1ccccc1)C(F)(F)CC1CCCC1. The lowest BCUT2D eigenvalue weighted by Crippen LogP contribution is -2.36. The van der Waals surface area contributed by atoms with Crippen LogP contribution >= 0.6 is 0 Å². The topological polar surface area (TPSA) is 29.1 Å². The van der Waals surface area contributed by atoms with Crippen LogP contribution < -0.4 is 5.32 Å². The molecule has 0 radical (unpaired) electrons. The zero-order valence-electron chi connectivity index (χ0n) is 10.2. The predicted molar refractivity (Wildman–Crippen MR) is 66.6 cm³/mol. The van der Waals surface area contributed by atoms with Gasteiger partial charge in [0, 0.05) is 12.1 Å². The maximum atomic E-state index is 13.7. The lowest BCUT2D eigenvalue weighted by molar-refractivity contribution is -0.142. The molecule has 1 amide bonds. The van der Waals surface area contributed by atoms with Crippen LogP contribution in [0.3, 0.4) is 0 Å². The Bertz CT molecular complexity index is 400. The summed E-state index contributed by atoms with van der Waals surface area (Å²) in [6, 6.07) is 8.37. The monoisotopic (exact) mass is 253 g/mol. The number of carbonyl (C=O) groups excluding carboxylic acids is 1. The summed E-state index contributed by atoms with van der Waals surface area (Å²) in [4.78, 5) is 11.6. The molecule has 0 aliphatic heterocycles. The molecule has 0 heterocycles. The number of hydrogen-bond acceptors (Lipinski definition) is 1. The second-order valence-electron chi connectivity index (χ2n) is 4.88. The molecule has 1 fully saturated rings. The number of amides is 1. The minimum Gasteiger partial charge on any atom is -0.321 e. The van der Waals surface area contributed by atoms with Gasteiger partial charge in [0.15, 0.2) is 0 Å². The Labute approximate surface area is 105 Å². The van der Waals surface area contributed by atoms with Crippen LogP contribution in [0.5, 0.6) is 0 Å². The Morgan fingerprint density at radius 3 is 2.44 bits per heavy atom. The normalized spacial score (nSPS) is 16.8. The number of carbonyl (C=O) groups is 1. The molecule has 4 heteroatoms. The third kappa shape index (κ3) is 3.28. The van der Waals surface area contributed by atoms with E-state index in [0.717, 1.165) is 25.7 Å². The van der Waals surface area contributed by atoms with Crippen molar-refractivity contribution in [3.8, 4) is 0 Å². The molecule has 1 aliphatic rings. The number of alkyl halides is 2. The molecule has 18 heavy (non-hydrogen) atoms. The Balaban J connectivity index is 1.94. The predicted octanol–water partition coefficient (Wildman–Crippen LogP) is 3.84. The molecule has 0 unspecified atom stereocenters. The van der Waals surface area contributed by atoms with Crippen LogP contribution in [0.25, 0.3) is 0 Å². The number of rotatable bonds is 4. The van der Waals surface area contributed by atoms with Gasteiger partial charge in [0.1, 0.15) is 0 Å². The van der Waals surface area contributed by atoms with Gasteiger partial charge in [-0.25, -0.2) is 0 Å². The first kappa shape index (κ1) is 13.0. The van der Waals surface area contributed by atoms with Crippen LogP contribution in [-0.4, -0.2) is 11.8 Å². The van der Waals surface area contributed by atoms with Gasteiger partial charge in [-0.2, -0.15) is 8.78 Å². The Hall–Kier alpha value is -1.45. The number of benzene rings is 1. The highest BCUT2D eigenvalue weighted by molar-refractivity contribution is 5.95. The van der Waals surface area contributed by atoms with E-state index in [-0.39, 0.29) is 12.3 Å². The Morgan fingerprint density at radius 2 is 1.83 bits per heavy atom. The van der Waals surface area contributed by atoms with E-state index in [9.17, 15) is 13.6 Å². The fourth-order valence-electron chi connectivity index (χ4n) is 2.41. The van der Waals surface area contributed by atoms with Crippen molar-refractivity contribution in [2.75, 3.05) is 5.32 Å². The number of anilines is 1. The average molecular weight is 253 g/mol. The summed E-state index contributed by atoms with van der Waals surface area (Å²) in [7, 11) is 0. The molecule has 1 aromatic carbocycles. The lowest BCUT2D eigenvalue weighted by atomic mass is 9.99. The molecule has 1 saturated carbocycles. The van der Waals surface area contributed by atoms with Gasteiger partial charge in [0.2, 0.25) is 0 Å². The van der Waals surface area contributed by atoms with Crippen molar-refractivity contribution in [1.82, 2.24) is 0 Å². The van der Waals surface area contributed by atoms with Crippen LogP contribution in [0.1, 0.15) is 32.1 Å². The summed E-state index contributed by atoms with van der Waals surface area (Å²) in [6.45, 7) is 0. The summed E-state index contributed by atoms with van der Waals surface area (Å²) in [5, 5.41) is 2.27. The van der Waals surface area contributed by atoms with Gasteiger partial charge >= 0.3 is 5.92 Å². The van der Waals surface area contributed by atoms with E-state index >= 15 is 0 Å². The van der Waals surface area contributed by atoms with E-state index in [4.69, 9.17) is 0 Å². The fraction of sp³-hybridized carbons (Fsp3) is 0.500. The van der Waals surface area contributed by atoms with E-state index in [1.54, 1.807) is 30.3 Å². The smallest absolute Gasteiger partial charge is 0.321 e. The molecule has 1 N–H and O–H groups in total. The molecule has 1 aliphatic carbocycles. The van der Waals surface area contributed by atoms with E-state index in [1.807, 2.05) is 0 Å². The highest BCUT2D eigenvalue weighted by Gasteiger charge is 2.41. The molecule has 0 aromatic heterocycles. The number of nitrogens with one attached hydrogen (secondary N) is 1. The first-order valence-electron chi connectivity index (χ1n) is 6.32. The zero-order valence-corrected chi connectivity index (χ0v) is 10.2. The quantitative estimate of drug-likeness (QED) is 0.867. The largest absolute Gasteiger partial charge is 0.325 e. The minimum atomic E-state index is -3.27. The summed E-state index contributed by atoms with van der Waals surface area (Å²) in [5.41, 5.74) is 0.411. The van der Waals surface area contributed by atoms with Gasteiger partial charge in [-0.3, -0.25) is 4.79 Å². The average Bonchev–Trinajstić information content (AvgIpc) is 2.82. The first-order valence-corrected chi connectivity index (χ1v) is 6.32. The molecule has 98 valence electrons. The molecule has 2 nitrogen and oxygen atoms in total. The van der Waals surface area contributed by atoms with Crippen LogP contribution in [0.2, 0.25) is 0 Å². The van der Waals surface area contributed by atoms with Gasteiger partial charge in [-0.1, -0.05) is 43.9 Å². The summed E-state index contributed by atoms with van der Waals surface area (Å²) < 4.78 is 27.5. The fourth-order valence-corrected chi connectivity index (χ4v) is 2.41. The van der Waals surface area contributed by atoms with Crippen molar-refractivity contribution in [3.63, 3.8) is 0 Å². The van der Waals surface area contributed by atoms with Crippen LogP contribution in [0.4, 0.5) is 14.5 Å². The summed E-state index contributed by atoms with van der Waals surface area (Å²) >= 11 is 0. The summed E-state index contributed by atoms with van der Waals surface area (Å²) in [6.07, 6.45) is 3.30. The molecule has 0 spiro atoms. The lowest BCUT2D eigenvalue weighted by Gasteiger charge is -2.19. The third-order valence-corrected chi connectivity index (χ3v) is 3.38. The second kappa shape index (κ2) is 5.46. The van der Waals surface area contributed by atoms with Gasteiger partial charge in [-0.15, -0.1) is 0 Å². The van der Waals surface area contributed by atoms with Crippen LogP contribution in [0.15, 0.2) is 30.3 Å². The molecule has 0 atom stereocenters. The van der Waals surface area contributed by atoms with E-state index in [2.05, 4.69) is 5.32 Å². The second-order valence-corrected chi connectivity index (χ2v) is 4.88. The molecule has 0 saturated heterocycles. The molecule has 0 bridgehead atoms. The number of hydrogen-bond donors (Lipinski definition) is 1. The number of para-hydroxylation sites is 1. The maximum Gasteiger partial charge on any atom is 0.325 e. The van der Waals surface area contributed by atoms with Crippen LogP contribution in [-0.2, 0) is 4.79 Å². The third-order valence-electron chi connectivity index (χ3n) is 3.38. The first-order chi connectivity index (χ1) is 8.58. The highest BCUT2D eigenvalue weighted by atomic mass is 19.3. The van der Waals surface area contributed by atoms with Crippen molar-refractivity contribution in [1.29, 1.82) is 0 Å². The Kier molecular flexibility index (Phi) is 3.94. The van der Waals surface area contributed by atoms with Crippen molar-refractivity contribution in [2.24, 2.45) is 5.92 Å². The summed E-state index contributed by atoms with van der Waals surface area (Å²) in [5.74, 6) is -4.48. The molecular weight excluding hydrogens is 236 g/mol. The number of halogens is 2. The van der Waals surface area contributed by atoms with Gasteiger partial charge in [0.25, 0.3) is 5.91 Å². The van der Waals surface area contributed by atoms with Gasteiger partial charge in [0.05, 0.1) is 0 Å². The van der Waals surface area contributed by atoms with Gasteiger partial charge < -0.3 is 5.32 Å². The molecule has 1 aromatic rings. The Morgan fingerprint density at radius 1 is 1.22 bits per heavy atom. The van der Waals surface area contributed by atoms with Crippen molar-refractivity contribution in [2.45, 2.75) is 38.0 Å². The van der Waals surface area contributed by atoms with Gasteiger partial charge in [-0.05, 0) is 18.1 Å². The van der Waals surface area contributed by atoms with E-state index in [0.29, 0.717) is 5.69 Å². The van der Waals surface area contributed by atoms with Crippen molar-refractivity contribution >= 4 is 11.6 Å². The highest BCUT2D eigenvalue weighted by Crippen LogP contribution is 2.35.